The van der Waals surface area contributed by atoms with Crippen molar-refractivity contribution in [3.8, 4) is 5.75 Å². The van der Waals surface area contributed by atoms with Crippen LogP contribution in [0.1, 0.15) is 34.8 Å². The lowest BCUT2D eigenvalue weighted by atomic mass is 10.1. The van der Waals surface area contributed by atoms with Crippen LogP contribution in [0, 0.1) is 0 Å². The number of hydrogen-bond acceptors (Lipinski definition) is 3. The fourth-order valence-corrected chi connectivity index (χ4v) is 2.62. The van der Waals surface area contributed by atoms with Crippen LogP contribution in [-0.2, 0) is 17.5 Å². The van der Waals surface area contributed by atoms with Gasteiger partial charge in [-0.05, 0) is 24.3 Å². The van der Waals surface area contributed by atoms with E-state index in [2.05, 4.69) is 5.32 Å². The van der Waals surface area contributed by atoms with Gasteiger partial charge >= 0.3 is 6.18 Å². The van der Waals surface area contributed by atoms with Crippen LogP contribution in [0.5, 0.6) is 5.75 Å². The number of alkyl halides is 3. The average molecular weight is 394 g/mol. The molecule has 150 valence electrons. The van der Waals surface area contributed by atoms with E-state index < -0.39 is 23.6 Å². The molecule has 0 heterocycles. The van der Waals surface area contributed by atoms with E-state index in [1.54, 1.807) is 31.2 Å². The maximum absolute atomic E-state index is 13.2. The quantitative estimate of drug-likeness (QED) is 0.793. The Morgan fingerprint density at radius 3 is 2.43 bits per heavy atom. The third kappa shape index (κ3) is 5.25. The van der Waals surface area contributed by atoms with Gasteiger partial charge in [-0.15, -0.1) is 0 Å². The monoisotopic (exact) mass is 394 g/mol. The molecule has 0 aliphatic rings. The van der Waals surface area contributed by atoms with Crippen LogP contribution in [0.2, 0.25) is 0 Å². The van der Waals surface area contributed by atoms with E-state index in [4.69, 9.17) is 4.74 Å². The molecular formula is C20H21F3N2O3. The van der Waals surface area contributed by atoms with Crippen LogP contribution >= 0.6 is 0 Å². The first-order chi connectivity index (χ1) is 13.2. The number of benzene rings is 2. The van der Waals surface area contributed by atoms with E-state index in [9.17, 15) is 22.8 Å². The van der Waals surface area contributed by atoms with Crippen molar-refractivity contribution < 1.29 is 27.5 Å². The lowest BCUT2D eigenvalue weighted by Gasteiger charge is -2.20. The Kier molecular flexibility index (Phi) is 6.66. The minimum absolute atomic E-state index is 0.0734. The number of anilines is 1. The highest BCUT2D eigenvalue weighted by Gasteiger charge is 2.32. The van der Waals surface area contributed by atoms with Crippen molar-refractivity contribution in [3.63, 3.8) is 0 Å². The number of nitrogens with zero attached hydrogens (tertiary/aromatic N) is 1. The summed E-state index contributed by atoms with van der Waals surface area (Å²) in [6.45, 7) is 1.73. The number of hydrogen-bond donors (Lipinski definition) is 1. The lowest BCUT2D eigenvalue weighted by Crippen LogP contribution is -2.27. The van der Waals surface area contributed by atoms with Gasteiger partial charge in [0, 0.05) is 36.8 Å². The van der Waals surface area contributed by atoms with Crippen LogP contribution in [0.4, 0.5) is 18.9 Å². The minimum atomic E-state index is -4.65. The van der Waals surface area contributed by atoms with Gasteiger partial charge in [-0.3, -0.25) is 9.59 Å². The third-order valence-corrected chi connectivity index (χ3v) is 4.06. The third-order valence-electron chi connectivity index (χ3n) is 4.06. The molecule has 2 amide bonds. The van der Waals surface area contributed by atoms with Crippen molar-refractivity contribution in [2.24, 2.45) is 0 Å². The van der Waals surface area contributed by atoms with Crippen LogP contribution in [0.15, 0.2) is 42.5 Å². The fraction of sp³-hybridized carbons (Fsp3) is 0.300. The van der Waals surface area contributed by atoms with Crippen molar-refractivity contribution in [1.29, 1.82) is 0 Å². The van der Waals surface area contributed by atoms with Gasteiger partial charge in [-0.1, -0.05) is 25.1 Å². The van der Waals surface area contributed by atoms with Crippen molar-refractivity contribution in [2.45, 2.75) is 26.1 Å². The predicted octanol–water partition coefficient (Wildman–Crippen LogP) is 4.33. The summed E-state index contributed by atoms with van der Waals surface area (Å²) >= 11 is 0. The van der Waals surface area contributed by atoms with E-state index in [1.807, 2.05) is 0 Å². The minimum Gasteiger partial charge on any atom is -0.496 e. The smallest absolute Gasteiger partial charge is 0.416 e. The highest BCUT2D eigenvalue weighted by molar-refractivity contribution is 5.97. The van der Waals surface area contributed by atoms with Crippen molar-refractivity contribution in [3.05, 3.63) is 59.2 Å². The van der Waals surface area contributed by atoms with Gasteiger partial charge < -0.3 is 15.0 Å². The Bertz CT molecular complexity index is 866. The van der Waals surface area contributed by atoms with Gasteiger partial charge in [0.15, 0.2) is 0 Å². The Morgan fingerprint density at radius 2 is 1.82 bits per heavy atom. The first-order valence-electron chi connectivity index (χ1n) is 8.55. The molecule has 0 atom stereocenters. The Hall–Kier alpha value is -3.03. The molecule has 0 aliphatic heterocycles. The molecule has 2 rings (SSSR count). The molecule has 2 aromatic rings. The standard InChI is InChI=1S/C20H21F3N2O3/c1-4-18(26)24-16-10-14(9-15(11-16)20(21,22)23)19(27)25(2)12-13-7-5-6-8-17(13)28-3/h5-11H,4,12H2,1-3H3,(H,24,26). The van der Waals surface area contributed by atoms with E-state index in [0.29, 0.717) is 11.3 Å². The summed E-state index contributed by atoms with van der Waals surface area (Å²) in [6, 6.07) is 9.88. The molecule has 5 nitrogen and oxygen atoms in total. The molecule has 0 aliphatic carbocycles. The van der Waals surface area contributed by atoms with Crippen molar-refractivity contribution >= 4 is 17.5 Å². The summed E-state index contributed by atoms with van der Waals surface area (Å²) in [4.78, 5) is 25.6. The summed E-state index contributed by atoms with van der Waals surface area (Å²) in [5, 5.41) is 2.38. The number of rotatable bonds is 6. The van der Waals surface area contributed by atoms with Gasteiger partial charge in [-0.25, -0.2) is 0 Å². The van der Waals surface area contributed by atoms with Gasteiger partial charge in [-0.2, -0.15) is 13.2 Å². The van der Waals surface area contributed by atoms with E-state index in [-0.39, 0.29) is 24.2 Å². The summed E-state index contributed by atoms with van der Waals surface area (Å²) in [7, 11) is 2.98. The molecule has 0 saturated carbocycles. The number of nitrogens with one attached hydrogen (secondary N) is 1. The number of halogens is 3. The van der Waals surface area contributed by atoms with Gasteiger partial charge in [0.25, 0.3) is 5.91 Å². The Morgan fingerprint density at radius 1 is 1.14 bits per heavy atom. The average Bonchev–Trinajstić information content (AvgIpc) is 2.66. The zero-order valence-electron chi connectivity index (χ0n) is 15.8. The van der Waals surface area contributed by atoms with Crippen LogP contribution in [-0.4, -0.2) is 30.9 Å². The van der Waals surface area contributed by atoms with E-state index in [1.165, 1.54) is 25.1 Å². The number of para-hydroxylation sites is 1. The molecule has 8 heteroatoms. The maximum atomic E-state index is 13.2. The van der Waals surface area contributed by atoms with Gasteiger partial charge in [0.1, 0.15) is 5.75 Å². The molecule has 0 fully saturated rings. The van der Waals surface area contributed by atoms with Crippen LogP contribution in [0.3, 0.4) is 0 Å². The summed E-state index contributed by atoms with van der Waals surface area (Å²) in [5.74, 6) is -0.480. The fourth-order valence-electron chi connectivity index (χ4n) is 2.62. The summed E-state index contributed by atoms with van der Waals surface area (Å²) in [6.07, 6.45) is -4.55. The number of carbonyl (C=O) groups is 2. The predicted molar refractivity (Wildman–Crippen MR) is 99.2 cm³/mol. The molecule has 2 aromatic carbocycles. The van der Waals surface area contributed by atoms with Gasteiger partial charge in [0.2, 0.25) is 5.91 Å². The number of amides is 2. The highest BCUT2D eigenvalue weighted by atomic mass is 19.4. The Labute approximate surface area is 161 Å². The normalized spacial score (nSPS) is 11.1. The van der Waals surface area contributed by atoms with E-state index in [0.717, 1.165) is 12.1 Å². The molecule has 0 saturated heterocycles. The van der Waals surface area contributed by atoms with Gasteiger partial charge in [0.05, 0.1) is 12.7 Å². The molecule has 0 bridgehead atoms. The number of ether oxygens (including phenoxy) is 1. The maximum Gasteiger partial charge on any atom is 0.416 e. The van der Waals surface area contributed by atoms with Crippen LogP contribution < -0.4 is 10.1 Å². The molecule has 28 heavy (non-hydrogen) atoms. The molecule has 0 spiro atoms. The zero-order valence-corrected chi connectivity index (χ0v) is 15.8. The van der Waals surface area contributed by atoms with Crippen molar-refractivity contribution in [1.82, 2.24) is 4.90 Å². The highest BCUT2D eigenvalue weighted by Crippen LogP contribution is 2.32. The topological polar surface area (TPSA) is 58.6 Å². The zero-order chi connectivity index (χ0) is 20.9. The molecule has 1 N–H and O–H groups in total. The molecule has 0 aromatic heterocycles. The summed E-state index contributed by atoms with van der Waals surface area (Å²) < 4.78 is 44.9. The second-order valence-electron chi connectivity index (χ2n) is 6.17. The molecular weight excluding hydrogens is 373 g/mol. The molecule has 0 radical (unpaired) electrons. The Balaban J connectivity index is 2.34. The first-order valence-corrected chi connectivity index (χ1v) is 8.55. The second kappa shape index (κ2) is 8.77. The molecule has 0 unspecified atom stereocenters. The number of carbonyl (C=O) groups excluding carboxylic acids is 2. The largest absolute Gasteiger partial charge is 0.496 e. The number of methoxy groups -OCH3 is 1. The van der Waals surface area contributed by atoms with Crippen LogP contribution in [0.25, 0.3) is 0 Å². The lowest BCUT2D eigenvalue weighted by molar-refractivity contribution is -0.137. The van der Waals surface area contributed by atoms with E-state index >= 15 is 0 Å². The second-order valence-corrected chi connectivity index (χ2v) is 6.17. The SMILES string of the molecule is CCC(=O)Nc1cc(C(=O)N(C)Cc2ccccc2OC)cc(C(F)(F)F)c1. The summed E-state index contributed by atoms with van der Waals surface area (Å²) in [5.41, 5.74) is -0.530. The van der Waals surface area contributed by atoms with Crippen molar-refractivity contribution in [2.75, 3.05) is 19.5 Å². The first kappa shape index (κ1) is 21.3.